The summed E-state index contributed by atoms with van der Waals surface area (Å²) >= 11 is 0. The number of benzene rings is 1. The smallest absolute Gasteiger partial charge is 0.170 e. The number of aryl methyl sites for hydroxylation is 1. The first kappa shape index (κ1) is 17.3. The van der Waals surface area contributed by atoms with Crippen LogP contribution in [0.25, 0.3) is 10.9 Å². The van der Waals surface area contributed by atoms with E-state index in [0.717, 1.165) is 54.5 Å². The zero-order chi connectivity index (χ0) is 16.7. The molecule has 0 spiro atoms. The van der Waals surface area contributed by atoms with Crippen LogP contribution in [0, 0.1) is 6.92 Å². The Morgan fingerprint density at radius 2 is 1.83 bits per heavy atom. The van der Waals surface area contributed by atoms with Crippen molar-refractivity contribution >= 4 is 16.6 Å². The molecule has 0 amide bonds. The zero-order valence-electron chi connectivity index (χ0n) is 14.2. The van der Waals surface area contributed by atoms with Crippen LogP contribution >= 0.6 is 0 Å². The van der Waals surface area contributed by atoms with E-state index in [2.05, 4.69) is 4.98 Å². The van der Waals surface area contributed by atoms with Gasteiger partial charge in [-0.2, -0.15) is 0 Å². The summed E-state index contributed by atoms with van der Waals surface area (Å²) in [4.78, 5) is 4.38. The summed E-state index contributed by atoms with van der Waals surface area (Å²) in [5.74, 6) is 1.39. The molecular formula is C18H26N2O3. The van der Waals surface area contributed by atoms with E-state index >= 15 is 0 Å². The van der Waals surface area contributed by atoms with Crippen LogP contribution in [-0.2, 0) is 4.74 Å². The number of anilines is 1. The predicted octanol–water partition coefficient (Wildman–Crippen LogP) is 3.72. The van der Waals surface area contributed by atoms with Gasteiger partial charge in [0.15, 0.2) is 11.5 Å². The number of aromatic nitrogens is 1. The maximum absolute atomic E-state index is 6.08. The first-order valence-electron chi connectivity index (χ1n) is 8.02. The Morgan fingerprint density at radius 3 is 2.52 bits per heavy atom. The van der Waals surface area contributed by atoms with Crippen LogP contribution in [0.4, 0.5) is 5.69 Å². The third-order valence-corrected chi connectivity index (χ3v) is 3.88. The summed E-state index contributed by atoms with van der Waals surface area (Å²) in [6, 6.07) is 3.74. The first-order valence-corrected chi connectivity index (χ1v) is 8.02. The number of unbranched alkanes of at least 4 members (excludes halogenated alkanes) is 3. The van der Waals surface area contributed by atoms with Crippen molar-refractivity contribution in [2.24, 2.45) is 0 Å². The van der Waals surface area contributed by atoms with Crippen molar-refractivity contribution in [1.29, 1.82) is 0 Å². The molecule has 0 fully saturated rings. The molecule has 0 saturated heterocycles. The molecule has 2 rings (SSSR count). The molecule has 0 bridgehead atoms. The van der Waals surface area contributed by atoms with Crippen molar-refractivity contribution in [2.45, 2.75) is 32.6 Å². The van der Waals surface area contributed by atoms with Gasteiger partial charge in [0.1, 0.15) is 0 Å². The number of nitrogens with zero attached hydrogens (tertiary/aromatic N) is 1. The number of nitrogen functional groups attached to an aromatic ring is 1. The third-order valence-electron chi connectivity index (χ3n) is 3.88. The van der Waals surface area contributed by atoms with Gasteiger partial charge in [0.05, 0.1) is 30.3 Å². The molecule has 2 aromatic rings. The Balaban J connectivity index is 2.11. The SMILES string of the molecule is COCCCCCCOc1c(OC)cc(N)c2nccc(C)c12. The van der Waals surface area contributed by atoms with E-state index in [9.17, 15) is 0 Å². The topological polar surface area (TPSA) is 66.6 Å². The van der Waals surface area contributed by atoms with Gasteiger partial charge in [-0.15, -0.1) is 0 Å². The van der Waals surface area contributed by atoms with Crippen molar-refractivity contribution < 1.29 is 14.2 Å². The molecule has 2 N–H and O–H groups in total. The zero-order valence-corrected chi connectivity index (χ0v) is 14.2. The summed E-state index contributed by atoms with van der Waals surface area (Å²) in [7, 11) is 3.36. The highest BCUT2D eigenvalue weighted by Crippen LogP contribution is 2.40. The minimum absolute atomic E-state index is 0.604. The van der Waals surface area contributed by atoms with Gasteiger partial charge in [0.2, 0.25) is 0 Å². The van der Waals surface area contributed by atoms with Gasteiger partial charge < -0.3 is 19.9 Å². The molecule has 0 radical (unpaired) electrons. The number of hydrogen-bond donors (Lipinski definition) is 1. The van der Waals surface area contributed by atoms with Gasteiger partial charge in [0.25, 0.3) is 0 Å². The number of nitrogens with two attached hydrogens (primary N) is 1. The maximum Gasteiger partial charge on any atom is 0.170 e. The normalized spacial score (nSPS) is 10.9. The van der Waals surface area contributed by atoms with Crippen molar-refractivity contribution in [3.8, 4) is 11.5 Å². The van der Waals surface area contributed by atoms with Gasteiger partial charge in [-0.05, 0) is 37.8 Å². The molecule has 23 heavy (non-hydrogen) atoms. The quantitative estimate of drug-likeness (QED) is 0.564. The number of fused-ring (bicyclic) bond motifs is 1. The molecule has 1 aromatic heterocycles. The number of methoxy groups -OCH3 is 2. The number of ether oxygens (including phenoxy) is 3. The molecule has 0 aliphatic carbocycles. The summed E-state index contributed by atoms with van der Waals surface area (Å²) in [6.45, 7) is 3.50. The molecule has 5 nitrogen and oxygen atoms in total. The van der Waals surface area contributed by atoms with E-state index in [1.165, 1.54) is 0 Å². The molecule has 0 unspecified atom stereocenters. The predicted molar refractivity (Wildman–Crippen MR) is 93.3 cm³/mol. The van der Waals surface area contributed by atoms with Gasteiger partial charge in [-0.25, -0.2) is 0 Å². The second-order valence-corrected chi connectivity index (χ2v) is 5.60. The summed E-state index contributed by atoms with van der Waals surface area (Å²) in [5, 5.41) is 0.934. The third kappa shape index (κ3) is 4.26. The van der Waals surface area contributed by atoms with Crippen molar-refractivity contribution in [3.05, 3.63) is 23.9 Å². The second-order valence-electron chi connectivity index (χ2n) is 5.60. The average Bonchev–Trinajstić information content (AvgIpc) is 2.55. The molecule has 1 aromatic carbocycles. The van der Waals surface area contributed by atoms with Crippen LogP contribution < -0.4 is 15.2 Å². The highest BCUT2D eigenvalue weighted by Gasteiger charge is 2.15. The highest BCUT2D eigenvalue weighted by molar-refractivity contribution is 5.98. The lowest BCUT2D eigenvalue weighted by Gasteiger charge is -2.16. The van der Waals surface area contributed by atoms with Crippen LogP contribution in [0.3, 0.4) is 0 Å². The molecule has 0 saturated carbocycles. The number of rotatable bonds is 9. The average molecular weight is 318 g/mol. The van der Waals surface area contributed by atoms with Gasteiger partial charge in [-0.1, -0.05) is 6.42 Å². The van der Waals surface area contributed by atoms with Gasteiger partial charge in [0, 0.05) is 26.0 Å². The molecule has 1 heterocycles. The Labute approximate surface area is 137 Å². The molecule has 0 atom stereocenters. The Morgan fingerprint density at radius 1 is 1.09 bits per heavy atom. The molecule has 0 aliphatic heterocycles. The fraction of sp³-hybridized carbons (Fsp3) is 0.500. The van der Waals surface area contributed by atoms with E-state index in [1.807, 2.05) is 13.0 Å². The number of hydrogen-bond acceptors (Lipinski definition) is 5. The molecule has 0 aliphatic rings. The van der Waals surface area contributed by atoms with Gasteiger partial charge >= 0.3 is 0 Å². The van der Waals surface area contributed by atoms with Crippen LogP contribution in [0.1, 0.15) is 31.2 Å². The Hall–Kier alpha value is -2.01. The standard InChI is InChI=1S/C18H26N2O3/c1-13-8-9-20-17-14(19)12-15(22-3)18(16(13)17)23-11-7-5-4-6-10-21-2/h8-9,12H,4-7,10-11,19H2,1-3H3. The maximum atomic E-state index is 6.08. The van der Waals surface area contributed by atoms with Crippen LogP contribution in [0.5, 0.6) is 11.5 Å². The van der Waals surface area contributed by atoms with Crippen LogP contribution in [0.2, 0.25) is 0 Å². The second kappa shape index (κ2) is 8.58. The Kier molecular flexibility index (Phi) is 6.47. The summed E-state index contributed by atoms with van der Waals surface area (Å²) in [6.07, 6.45) is 6.12. The van der Waals surface area contributed by atoms with Crippen molar-refractivity contribution in [2.75, 3.05) is 33.2 Å². The number of pyridine rings is 1. The van der Waals surface area contributed by atoms with Crippen LogP contribution in [-0.4, -0.2) is 32.4 Å². The summed E-state index contributed by atoms with van der Waals surface area (Å²) in [5.41, 5.74) is 8.53. The Bertz CT molecular complexity index is 644. The fourth-order valence-corrected chi connectivity index (χ4v) is 2.63. The largest absolute Gasteiger partial charge is 0.493 e. The van der Waals surface area contributed by atoms with Gasteiger partial charge in [-0.3, -0.25) is 4.98 Å². The highest BCUT2D eigenvalue weighted by atomic mass is 16.5. The molecule has 126 valence electrons. The van der Waals surface area contributed by atoms with E-state index in [1.54, 1.807) is 26.5 Å². The van der Waals surface area contributed by atoms with E-state index in [0.29, 0.717) is 18.0 Å². The summed E-state index contributed by atoms with van der Waals surface area (Å²) < 4.78 is 16.5. The fourth-order valence-electron chi connectivity index (χ4n) is 2.63. The lowest BCUT2D eigenvalue weighted by atomic mass is 10.1. The minimum atomic E-state index is 0.604. The lowest BCUT2D eigenvalue weighted by Crippen LogP contribution is -2.03. The first-order chi connectivity index (χ1) is 11.2. The van der Waals surface area contributed by atoms with E-state index < -0.39 is 0 Å². The van der Waals surface area contributed by atoms with Crippen molar-refractivity contribution in [1.82, 2.24) is 4.98 Å². The minimum Gasteiger partial charge on any atom is -0.493 e. The molecule has 5 heteroatoms. The van der Waals surface area contributed by atoms with Crippen LogP contribution in [0.15, 0.2) is 18.3 Å². The van der Waals surface area contributed by atoms with E-state index in [4.69, 9.17) is 19.9 Å². The van der Waals surface area contributed by atoms with E-state index in [-0.39, 0.29) is 0 Å². The lowest BCUT2D eigenvalue weighted by molar-refractivity contribution is 0.191. The monoisotopic (exact) mass is 318 g/mol. The van der Waals surface area contributed by atoms with Crippen molar-refractivity contribution in [3.63, 3.8) is 0 Å². The molecular weight excluding hydrogens is 292 g/mol.